The van der Waals surface area contributed by atoms with Crippen molar-refractivity contribution in [3.63, 3.8) is 0 Å². The Bertz CT molecular complexity index is 1260. The molecule has 0 radical (unpaired) electrons. The number of hydrogen-bond donors (Lipinski definition) is 1. The Hall–Kier alpha value is -3.32. The van der Waals surface area contributed by atoms with Crippen molar-refractivity contribution in [2.75, 3.05) is 33.4 Å². The Kier molecular flexibility index (Phi) is 8.31. The summed E-state index contributed by atoms with van der Waals surface area (Å²) < 4.78 is 13.0. The lowest BCUT2D eigenvalue weighted by Crippen LogP contribution is -2.36. The van der Waals surface area contributed by atoms with Gasteiger partial charge in [-0.2, -0.15) is 0 Å². The number of methoxy groups -OCH3 is 1. The summed E-state index contributed by atoms with van der Waals surface area (Å²) in [4.78, 5) is 28.9. The van der Waals surface area contributed by atoms with Gasteiger partial charge in [0.1, 0.15) is 18.0 Å². The molecule has 2 aromatic carbocycles. The zero-order valence-electron chi connectivity index (χ0n) is 21.8. The topological polar surface area (TPSA) is 72.8 Å². The third-order valence-electron chi connectivity index (χ3n) is 6.50. The summed E-state index contributed by atoms with van der Waals surface area (Å²) >= 11 is 0. The Balaban J connectivity index is 1.66. The smallest absolute Gasteiger partial charge is 0.259 e. The maximum atomic E-state index is 13.7. The highest BCUT2D eigenvalue weighted by Crippen LogP contribution is 2.27. The molecule has 1 N–H and O–H groups in total. The lowest BCUT2D eigenvalue weighted by atomic mass is 10.1. The molecule has 1 aromatic heterocycles. The first-order valence-corrected chi connectivity index (χ1v) is 12.8. The fraction of sp³-hybridized carbons (Fsp3) is 0.448. The van der Waals surface area contributed by atoms with Crippen molar-refractivity contribution >= 4 is 16.7 Å². The zero-order chi connectivity index (χ0) is 25.7. The van der Waals surface area contributed by atoms with E-state index < -0.39 is 0 Å². The molecule has 3 aromatic rings. The van der Waals surface area contributed by atoms with Gasteiger partial charge in [-0.25, -0.2) is 0 Å². The number of nitrogens with zero attached hydrogens (tertiary/aromatic N) is 2. The number of rotatable bonds is 10. The molecule has 1 saturated heterocycles. The van der Waals surface area contributed by atoms with Crippen molar-refractivity contribution in [3.05, 3.63) is 58.9 Å². The number of likely N-dealkylation sites (tertiary alicyclic amines) is 1. The fourth-order valence-electron chi connectivity index (χ4n) is 4.80. The molecule has 0 spiro atoms. The van der Waals surface area contributed by atoms with Crippen LogP contribution in [0, 0.1) is 5.92 Å². The number of pyridine rings is 1. The average Bonchev–Trinajstić information content (AvgIpc) is 3.37. The molecule has 0 aliphatic carbocycles. The summed E-state index contributed by atoms with van der Waals surface area (Å²) in [6, 6.07) is 15.1. The molecule has 0 bridgehead atoms. The van der Waals surface area contributed by atoms with Crippen molar-refractivity contribution in [3.8, 4) is 22.8 Å². The molecule has 1 fully saturated rings. The summed E-state index contributed by atoms with van der Waals surface area (Å²) in [6.07, 6.45) is 2.55. The fourth-order valence-corrected chi connectivity index (χ4v) is 4.80. The van der Waals surface area contributed by atoms with E-state index in [0.29, 0.717) is 35.1 Å². The first kappa shape index (κ1) is 25.8. The van der Waals surface area contributed by atoms with Gasteiger partial charge in [0.25, 0.3) is 5.56 Å². The van der Waals surface area contributed by atoms with Gasteiger partial charge in [-0.15, -0.1) is 0 Å². The van der Waals surface area contributed by atoms with Gasteiger partial charge in [-0.1, -0.05) is 25.1 Å². The number of ether oxygens (including phenoxy) is 2. The SMILES string of the molecule is COc1cccc(-c2cc3ccc(OCC(C)CN4CCCC4)cc3c(=O)n2CC(=O)NC(C)C)c1. The number of amides is 1. The summed E-state index contributed by atoms with van der Waals surface area (Å²) in [6.45, 7) is 9.87. The molecule has 1 aliphatic rings. The second-order valence-corrected chi connectivity index (χ2v) is 10.0. The number of carbonyl (C=O) groups excluding carboxylic acids is 1. The molecule has 1 amide bonds. The molecule has 0 saturated carbocycles. The van der Waals surface area contributed by atoms with Crippen LogP contribution in [0.2, 0.25) is 0 Å². The highest BCUT2D eigenvalue weighted by atomic mass is 16.5. The summed E-state index contributed by atoms with van der Waals surface area (Å²) in [5.74, 6) is 1.54. The first-order valence-electron chi connectivity index (χ1n) is 12.8. The molecule has 1 aliphatic heterocycles. The van der Waals surface area contributed by atoms with E-state index in [1.807, 2.05) is 56.3 Å². The monoisotopic (exact) mass is 491 g/mol. The Morgan fingerprint density at radius 3 is 2.53 bits per heavy atom. The number of carbonyl (C=O) groups is 1. The Labute approximate surface area is 213 Å². The third-order valence-corrected chi connectivity index (χ3v) is 6.50. The van der Waals surface area contributed by atoms with Crippen LogP contribution in [0.15, 0.2) is 53.3 Å². The molecule has 7 heteroatoms. The number of nitrogens with one attached hydrogen (secondary N) is 1. The molecular formula is C29H37N3O4. The Morgan fingerprint density at radius 1 is 1.03 bits per heavy atom. The highest BCUT2D eigenvalue weighted by molar-refractivity contribution is 5.87. The summed E-state index contributed by atoms with van der Waals surface area (Å²) in [5, 5.41) is 4.22. The lowest BCUT2D eigenvalue weighted by molar-refractivity contribution is -0.122. The van der Waals surface area contributed by atoms with Gasteiger partial charge in [-0.05, 0) is 75.5 Å². The van der Waals surface area contributed by atoms with E-state index in [1.165, 1.54) is 30.5 Å². The van der Waals surface area contributed by atoms with E-state index in [1.54, 1.807) is 13.2 Å². The quantitative estimate of drug-likeness (QED) is 0.458. The minimum Gasteiger partial charge on any atom is -0.497 e. The number of hydrogen-bond acceptors (Lipinski definition) is 5. The largest absolute Gasteiger partial charge is 0.497 e. The minimum absolute atomic E-state index is 0.0171. The predicted molar refractivity (Wildman–Crippen MR) is 144 cm³/mol. The van der Waals surface area contributed by atoms with Crippen LogP contribution in [0.25, 0.3) is 22.0 Å². The van der Waals surface area contributed by atoms with Crippen LogP contribution in [0.4, 0.5) is 0 Å². The minimum atomic E-state index is -0.222. The maximum Gasteiger partial charge on any atom is 0.259 e. The first-order chi connectivity index (χ1) is 17.3. The van der Waals surface area contributed by atoms with Gasteiger partial charge in [0, 0.05) is 24.1 Å². The summed E-state index contributed by atoms with van der Waals surface area (Å²) in [7, 11) is 1.61. The van der Waals surface area contributed by atoms with E-state index in [-0.39, 0.29) is 24.1 Å². The van der Waals surface area contributed by atoms with Crippen molar-refractivity contribution in [2.24, 2.45) is 5.92 Å². The van der Waals surface area contributed by atoms with Crippen LogP contribution in [-0.4, -0.2) is 54.8 Å². The normalized spacial score (nSPS) is 14.8. The molecule has 36 heavy (non-hydrogen) atoms. The van der Waals surface area contributed by atoms with Gasteiger partial charge in [0.15, 0.2) is 0 Å². The number of fused-ring (bicyclic) bond motifs is 1. The second kappa shape index (κ2) is 11.6. The van der Waals surface area contributed by atoms with Crippen molar-refractivity contribution in [1.29, 1.82) is 0 Å². The van der Waals surface area contributed by atoms with Gasteiger partial charge in [0.2, 0.25) is 5.91 Å². The van der Waals surface area contributed by atoms with Gasteiger partial charge < -0.3 is 19.7 Å². The molecule has 4 rings (SSSR count). The van der Waals surface area contributed by atoms with Gasteiger partial charge in [-0.3, -0.25) is 14.2 Å². The highest BCUT2D eigenvalue weighted by Gasteiger charge is 2.17. The molecule has 2 heterocycles. The van der Waals surface area contributed by atoms with Crippen LogP contribution in [0.1, 0.15) is 33.6 Å². The molecule has 1 atom stereocenters. The van der Waals surface area contributed by atoms with E-state index in [2.05, 4.69) is 17.1 Å². The molecule has 7 nitrogen and oxygen atoms in total. The average molecular weight is 492 g/mol. The Morgan fingerprint density at radius 2 is 1.81 bits per heavy atom. The van der Waals surface area contributed by atoms with Crippen molar-refractivity contribution in [1.82, 2.24) is 14.8 Å². The van der Waals surface area contributed by atoms with Crippen molar-refractivity contribution in [2.45, 2.75) is 46.2 Å². The third kappa shape index (κ3) is 6.26. The van der Waals surface area contributed by atoms with Crippen LogP contribution in [-0.2, 0) is 11.3 Å². The van der Waals surface area contributed by atoms with E-state index in [4.69, 9.17) is 9.47 Å². The van der Waals surface area contributed by atoms with Crippen LogP contribution in [0.3, 0.4) is 0 Å². The predicted octanol–water partition coefficient (Wildman–Crippen LogP) is 4.31. The van der Waals surface area contributed by atoms with Gasteiger partial charge >= 0.3 is 0 Å². The van der Waals surface area contributed by atoms with Crippen LogP contribution >= 0.6 is 0 Å². The lowest BCUT2D eigenvalue weighted by Gasteiger charge is -2.20. The number of aromatic nitrogens is 1. The molecule has 192 valence electrons. The maximum absolute atomic E-state index is 13.7. The van der Waals surface area contributed by atoms with Crippen LogP contribution in [0.5, 0.6) is 11.5 Å². The standard InChI is InChI=1S/C29H37N3O4/c1-20(2)30-28(33)18-32-27(23-8-7-9-24(14-23)35-4)15-22-10-11-25(16-26(22)29(32)34)36-19-21(3)17-31-12-5-6-13-31/h7-11,14-16,20-21H,5-6,12-13,17-19H2,1-4H3,(H,30,33). The van der Waals surface area contributed by atoms with Gasteiger partial charge in [0.05, 0.1) is 24.8 Å². The van der Waals surface area contributed by atoms with E-state index in [0.717, 1.165) is 17.5 Å². The van der Waals surface area contributed by atoms with E-state index in [9.17, 15) is 9.59 Å². The second-order valence-electron chi connectivity index (χ2n) is 10.0. The van der Waals surface area contributed by atoms with E-state index >= 15 is 0 Å². The molecule has 1 unspecified atom stereocenters. The van der Waals surface area contributed by atoms with Crippen LogP contribution < -0.4 is 20.3 Å². The summed E-state index contributed by atoms with van der Waals surface area (Å²) in [5.41, 5.74) is 1.25. The number of benzene rings is 2. The zero-order valence-corrected chi connectivity index (χ0v) is 21.8. The molecular weight excluding hydrogens is 454 g/mol. The van der Waals surface area contributed by atoms with Crippen molar-refractivity contribution < 1.29 is 14.3 Å².